The smallest absolute Gasteiger partial charge is 0.255 e. The summed E-state index contributed by atoms with van der Waals surface area (Å²) in [4.78, 5) is 19.2. The molecule has 6 nitrogen and oxygen atoms in total. The number of amides is 1. The Morgan fingerprint density at radius 1 is 1.19 bits per heavy atom. The van der Waals surface area contributed by atoms with Crippen molar-refractivity contribution in [2.45, 2.75) is 32.2 Å². The van der Waals surface area contributed by atoms with Gasteiger partial charge in [0, 0.05) is 30.0 Å². The minimum atomic E-state index is -0.271. The number of aromatic nitrogens is 1. The maximum Gasteiger partial charge on any atom is 0.255 e. The van der Waals surface area contributed by atoms with Gasteiger partial charge in [0.1, 0.15) is 18.0 Å². The number of anilines is 2. The molecule has 0 saturated carbocycles. The molecule has 1 N–H and O–H groups in total. The average molecular weight is 345 g/mol. The fraction of sp³-hybridized carbons (Fsp3) is 0.300. The summed E-state index contributed by atoms with van der Waals surface area (Å²) in [6.45, 7) is 3.12. The first-order valence-electron chi connectivity index (χ1n) is 8.60. The number of benzene rings is 1. The third kappa shape index (κ3) is 3.65. The molecule has 1 aromatic heterocycles. The largest absolute Gasteiger partial charge is 0.354 e. The summed E-state index contributed by atoms with van der Waals surface area (Å²) < 4.78 is 0. The number of hydrogen-bond donors (Lipinski definition) is 1. The second-order valence-corrected chi connectivity index (χ2v) is 6.38. The summed E-state index contributed by atoms with van der Waals surface area (Å²) in [6.07, 6.45) is 5.12. The summed E-state index contributed by atoms with van der Waals surface area (Å²) >= 11 is 0. The highest BCUT2D eigenvalue weighted by Crippen LogP contribution is 2.24. The van der Waals surface area contributed by atoms with Gasteiger partial charge in [-0.2, -0.15) is 10.5 Å². The number of hydrogen-bond acceptors (Lipinski definition) is 5. The van der Waals surface area contributed by atoms with Crippen molar-refractivity contribution in [3.8, 4) is 12.1 Å². The van der Waals surface area contributed by atoms with Crippen LogP contribution in [0.15, 0.2) is 36.5 Å². The van der Waals surface area contributed by atoms with Gasteiger partial charge in [0.2, 0.25) is 0 Å². The number of pyridine rings is 1. The minimum absolute atomic E-state index is 0.239. The van der Waals surface area contributed by atoms with Crippen LogP contribution in [0.3, 0.4) is 0 Å². The number of carbonyl (C=O) groups is 1. The van der Waals surface area contributed by atoms with Crippen LogP contribution in [0.5, 0.6) is 0 Å². The number of nitrogens with one attached hydrogen (secondary N) is 1. The first-order valence-corrected chi connectivity index (χ1v) is 8.60. The lowest BCUT2D eigenvalue weighted by molar-refractivity contribution is 0.102. The second-order valence-electron chi connectivity index (χ2n) is 6.38. The molecule has 2 heterocycles. The number of nitrogens with zero attached hydrogens (tertiary/aromatic N) is 4. The zero-order valence-electron chi connectivity index (χ0n) is 14.6. The summed E-state index contributed by atoms with van der Waals surface area (Å²) in [5.74, 6) is 0.536. The highest BCUT2D eigenvalue weighted by molar-refractivity contribution is 6.04. The van der Waals surface area contributed by atoms with E-state index in [4.69, 9.17) is 10.5 Å². The third-order valence-electron chi connectivity index (χ3n) is 4.62. The molecule has 2 aromatic rings. The molecule has 1 aliphatic heterocycles. The van der Waals surface area contributed by atoms with Crippen LogP contribution in [0, 0.1) is 22.7 Å². The van der Waals surface area contributed by atoms with Gasteiger partial charge in [-0.25, -0.2) is 4.98 Å². The van der Waals surface area contributed by atoms with Gasteiger partial charge in [-0.1, -0.05) is 0 Å². The van der Waals surface area contributed by atoms with Crippen molar-refractivity contribution in [3.63, 3.8) is 0 Å². The van der Waals surface area contributed by atoms with E-state index in [2.05, 4.69) is 22.1 Å². The highest BCUT2D eigenvalue weighted by atomic mass is 16.1. The molecule has 0 bridgehead atoms. The van der Waals surface area contributed by atoms with Gasteiger partial charge >= 0.3 is 0 Å². The second kappa shape index (κ2) is 7.67. The van der Waals surface area contributed by atoms with E-state index in [1.165, 1.54) is 18.6 Å². The minimum Gasteiger partial charge on any atom is -0.354 e. The van der Waals surface area contributed by atoms with Crippen LogP contribution >= 0.6 is 0 Å². The Labute approximate surface area is 152 Å². The van der Waals surface area contributed by atoms with Crippen molar-refractivity contribution >= 4 is 17.4 Å². The summed E-state index contributed by atoms with van der Waals surface area (Å²) in [5, 5.41) is 20.9. The number of piperidine rings is 1. The van der Waals surface area contributed by atoms with Gasteiger partial charge in [0.05, 0.1) is 11.1 Å². The predicted octanol–water partition coefficient (Wildman–Crippen LogP) is 3.46. The number of nitriles is 2. The molecule has 3 rings (SSSR count). The van der Waals surface area contributed by atoms with Crippen LogP contribution < -0.4 is 10.2 Å². The normalized spacial score (nSPS) is 16.4. The van der Waals surface area contributed by atoms with E-state index in [1.54, 1.807) is 24.4 Å². The van der Waals surface area contributed by atoms with E-state index in [1.807, 2.05) is 12.1 Å². The zero-order valence-corrected chi connectivity index (χ0v) is 14.6. The summed E-state index contributed by atoms with van der Waals surface area (Å²) in [7, 11) is 0. The van der Waals surface area contributed by atoms with Crippen molar-refractivity contribution in [2.24, 2.45) is 0 Å². The molecular formula is C20H19N5O. The van der Waals surface area contributed by atoms with E-state index >= 15 is 0 Å². The van der Waals surface area contributed by atoms with E-state index < -0.39 is 0 Å². The SMILES string of the molecule is C[C@@H]1CCCCN1c1cc(C(=O)Nc2ccc(C#N)c(C#N)c2)ccn1. The molecule has 0 radical (unpaired) electrons. The van der Waals surface area contributed by atoms with E-state index in [0.29, 0.717) is 17.3 Å². The molecule has 6 heteroatoms. The molecule has 0 spiro atoms. The molecule has 0 aliphatic carbocycles. The average Bonchev–Trinajstić information content (AvgIpc) is 2.68. The van der Waals surface area contributed by atoms with Crippen LogP contribution in [0.4, 0.5) is 11.5 Å². The first kappa shape index (κ1) is 17.4. The van der Waals surface area contributed by atoms with E-state index in [9.17, 15) is 4.79 Å². The van der Waals surface area contributed by atoms with Crippen molar-refractivity contribution < 1.29 is 4.79 Å². The predicted molar refractivity (Wildman–Crippen MR) is 98.7 cm³/mol. The van der Waals surface area contributed by atoms with Crippen LogP contribution in [0.25, 0.3) is 0 Å². The fourth-order valence-electron chi connectivity index (χ4n) is 3.17. The maximum absolute atomic E-state index is 12.6. The Balaban J connectivity index is 1.80. The summed E-state index contributed by atoms with van der Waals surface area (Å²) in [6, 6.07) is 12.5. The topological polar surface area (TPSA) is 92.8 Å². The molecule has 130 valence electrons. The Kier molecular flexibility index (Phi) is 5.15. The van der Waals surface area contributed by atoms with Gasteiger partial charge in [-0.15, -0.1) is 0 Å². The van der Waals surface area contributed by atoms with Gasteiger partial charge < -0.3 is 10.2 Å². The first-order chi connectivity index (χ1) is 12.6. The van der Waals surface area contributed by atoms with Crippen molar-refractivity contribution in [3.05, 3.63) is 53.2 Å². The molecule has 1 fully saturated rings. The molecular weight excluding hydrogens is 326 g/mol. The molecule has 1 aliphatic rings. The molecule has 1 amide bonds. The fourth-order valence-corrected chi connectivity index (χ4v) is 3.17. The Morgan fingerprint density at radius 2 is 2.00 bits per heavy atom. The van der Waals surface area contributed by atoms with Crippen molar-refractivity contribution in [1.29, 1.82) is 10.5 Å². The Bertz CT molecular complexity index is 909. The number of carbonyl (C=O) groups excluding carboxylic acids is 1. The highest BCUT2D eigenvalue weighted by Gasteiger charge is 2.20. The van der Waals surface area contributed by atoms with Crippen molar-refractivity contribution in [2.75, 3.05) is 16.8 Å². The Hall–Kier alpha value is -3.38. The lowest BCUT2D eigenvalue weighted by Gasteiger charge is -2.34. The van der Waals surface area contributed by atoms with E-state index in [0.717, 1.165) is 25.2 Å². The maximum atomic E-state index is 12.6. The monoisotopic (exact) mass is 345 g/mol. The molecule has 1 saturated heterocycles. The van der Waals surface area contributed by atoms with Crippen LogP contribution in [0.2, 0.25) is 0 Å². The quantitative estimate of drug-likeness (QED) is 0.919. The standard InChI is InChI=1S/C20H19N5O/c1-14-4-2-3-9-25(14)19-11-15(7-8-23-19)20(26)24-18-6-5-16(12-21)17(10-18)13-22/h5-8,10-11,14H,2-4,9H2,1H3,(H,24,26)/t14-/m1/s1. The third-order valence-corrected chi connectivity index (χ3v) is 4.62. The van der Waals surface area contributed by atoms with Crippen molar-refractivity contribution in [1.82, 2.24) is 4.98 Å². The van der Waals surface area contributed by atoms with Crippen LogP contribution in [0.1, 0.15) is 47.7 Å². The molecule has 0 unspecified atom stereocenters. The number of rotatable bonds is 3. The van der Waals surface area contributed by atoms with E-state index in [-0.39, 0.29) is 17.0 Å². The zero-order chi connectivity index (χ0) is 18.5. The lowest BCUT2D eigenvalue weighted by Crippen LogP contribution is -2.38. The van der Waals surface area contributed by atoms with Gasteiger partial charge in [-0.05, 0) is 56.5 Å². The Morgan fingerprint density at radius 3 is 2.73 bits per heavy atom. The molecule has 26 heavy (non-hydrogen) atoms. The summed E-state index contributed by atoms with van der Waals surface area (Å²) in [5.41, 5.74) is 1.52. The van der Waals surface area contributed by atoms with Crippen LogP contribution in [-0.4, -0.2) is 23.5 Å². The van der Waals surface area contributed by atoms with Gasteiger partial charge in [-0.3, -0.25) is 4.79 Å². The van der Waals surface area contributed by atoms with Gasteiger partial charge in [0.25, 0.3) is 5.91 Å². The van der Waals surface area contributed by atoms with Gasteiger partial charge in [0.15, 0.2) is 0 Å². The molecule has 1 atom stereocenters. The van der Waals surface area contributed by atoms with Crippen LogP contribution in [-0.2, 0) is 0 Å². The molecule has 1 aromatic carbocycles. The lowest BCUT2D eigenvalue weighted by atomic mass is 10.0.